The van der Waals surface area contributed by atoms with Gasteiger partial charge in [0.15, 0.2) is 0 Å². The Morgan fingerprint density at radius 3 is 2.94 bits per heavy atom. The fourth-order valence-electron chi connectivity index (χ4n) is 1.41. The molecule has 6 heteroatoms. The molecule has 0 fully saturated rings. The first kappa shape index (κ1) is 11.8. The van der Waals surface area contributed by atoms with Gasteiger partial charge in [0.25, 0.3) is 11.5 Å². The van der Waals surface area contributed by atoms with Crippen molar-refractivity contribution in [3.63, 3.8) is 0 Å². The van der Waals surface area contributed by atoms with Crippen molar-refractivity contribution in [1.82, 2.24) is 15.3 Å². The molecule has 0 atom stereocenters. The predicted octanol–water partition coefficient (Wildman–Crippen LogP) is 0.406. The van der Waals surface area contributed by atoms with Crippen LogP contribution in [0.15, 0.2) is 41.5 Å². The summed E-state index contributed by atoms with van der Waals surface area (Å²) in [6.45, 7) is 0.248. The van der Waals surface area contributed by atoms with Gasteiger partial charge in [-0.3, -0.25) is 14.6 Å². The molecule has 0 spiro atoms. The number of amides is 1. The molecule has 3 N–H and O–H groups in total. The maximum absolute atomic E-state index is 11.7. The van der Waals surface area contributed by atoms with Crippen LogP contribution in [0.1, 0.15) is 16.1 Å². The SMILES string of the molecule is O=C(NCc1ccccn1)c1c[nH]c(=O)cc1O. The summed E-state index contributed by atoms with van der Waals surface area (Å²) in [5.74, 6) is -0.827. The van der Waals surface area contributed by atoms with Gasteiger partial charge in [-0.05, 0) is 12.1 Å². The van der Waals surface area contributed by atoms with Crippen molar-refractivity contribution in [3.8, 4) is 5.75 Å². The number of nitrogens with zero attached hydrogens (tertiary/aromatic N) is 1. The number of pyridine rings is 2. The average molecular weight is 245 g/mol. The first-order valence-electron chi connectivity index (χ1n) is 5.26. The Balaban J connectivity index is 2.06. The summed E-state index contributed by atoms with van der Waals surface area (Å²) in [5, 5.41) is 12.1. The van der Waals surface area contributed by atoms with Crippen LogP contribution in [0.3, 0.4) is 0 Å². The number of carbonyl (C=O) groups excluding carboxylic acids is 1. The molecule has 0 bridgehead atoms. The van der Waals surface area contributed by atoms with Gasteiger partial charge in [0.1, 0.15) is 5.75 Å². The van der Waals surface area contributed by atoms with Crippen LogP contribution in [0, 0.1) is 0 Å². The maximum atomic E-state index is 11.7. The van der Waals surface area contributed by atoms with E-state index >= 15 is 0 Å². The van der Waals surface area contributed by atoms with Gasteiger partial charge in [0, 0.05) is 18.5 Å². The molecule has 2 aromatic heterocycles. The Kier molecular flexibility index (Phi) is 3.38. The van der Waals surface area contributed by atoms with Gasteiger partial charge in [-0.1, -0.05) is 6.07 Å². The van der Waals surface area contributed by atoms with E-state index in [4.69, 9.17) is 0 Å². The molecule has 2 rings (SSSR count). The lowest BCUT2D eigenvalue weighted by Gasteiger charge is -2.05. The molecule has 0 radical (unpaired) electrons. The Bertz CT molecular complexity index is 607. The zero-order valence-electron chi connectivity index (χ0n) is 9.38. The van der Waals surface area contributed by atoms with E-state index in [9.17, 15) is 14.7 Å². The van der Waals surface area contributed by atoms with Crippen molar-refractivity contribution in [1.29, 1.82) is 0 Å². The summed E-state index contributed by atoms with van der Waals surface area (Å²) in [5.41, 5.74) is 0.258. The second-order valence-corrected chi connectivity index (χ2v) is 3.60. The Labute approximate surface area is 102 Å². The highest BCUT2D eigenvalue weighted by Gasteiger charge is 2.11. The molecule has 0 aliphatic heterocycles. The highest BCUT2D eigenvalue weighted by atomic mass is 16.3. The van der Waals surface area contributed by atoms with Gasteiger partial charge in [0.2, 0.25) is 0 Å². The molecule has 0 aromatic carbocycles. The summed E-state index contributed by atoms with van der Waals surface area (Å²) in [6, 6.07) is 6.31. The number of carbonyl (C=O) groups is 1. The van der Waals surface area contributed by atoms with Crippen LogP contribution in [0.5, 0.6) is 5.75 Å². The summed E-state index contributed by atoms with van der Waals surface area (Å²) in [7, 11) is 0. The number of hydrogen-bond donors (Lipinski definition) is 3. The van der Waals surface area contributed by atoms with Crippen LogP contribution < -0.4 is 10.9 Å². The number of aromatic amines is 1. The fraction of sp³-hybridized carbons (Fsp3) is 0.0833. The Morgan fingerprint density at radius 2 is 2.28 bits per heavy atom. The topological polar surface area (TPSA) is 95.1 Å². The van der Waals surface area contributed by atoms with E-state index in [0.717, 1.165) is 6.07 Å². The fourth-order valence-corrected chi connectivity index (χ4v) is 1.41. The van der Waals surface area contributed by atoms with Gasteiger partial charge >= 0.3 is 0 Å². The zero-order valence-corrected chi connectivity index (χ0v) is 9.38. The summed E-state index contributed by atoms with van der Waals surface area (Å²) in [6.07, 6.45) is 2.80. The molecule has 92 valence electrons. The smallest absolute Gasteiger partial charge is 0.256 e. The number of rotatable bonds is 3. The third-order valence-corrected chi connectivity index (χ3v) is 2.30. The second kappa shape index (κ2) is 5.13. The van der Waals surface area contributed by atoms with E-state index in [0.29, 0.717) is 5.69 Å². The first-order chi connectivity index (χ1) is 8.66. The Morgan fingerprint density at radius 1 is 1.44 bits per heavy atom. The molecule has 0 aliphatic carbocycles. The van der Waals surface area contributed by atoms with E-state index in [1.807, 2.05) is 6.07 Å². The van der Waals surface area contributed by atoms with Gasteiger partial charge in [-0.15, -0.1) is 0 Å². The molecular formula is C12H11N3O3. The average Bonchev–Trinajstić information content (AvgIpc) is 2.37. The molecule has 1 amide bonds. The molecule has 0 saturated carbocycles. The highest BCUT2D eigenvalue weighted by Crippen LogP contribution is 2.11. The van der Waals surface area contributed by atoms with Crippen molar-refractivity contribution in [2.45, 2.75) is 6.54 Å². The van der Waals surface area contributed by atoms with Crippen LogP contribution in [0.25, 0.3) is 0 Å². The van der Waals surface area contributed by atoms with E-state index in [2.05, 4.69) is 15.3 Å². The molecule has 0 saturated heterocycles. The van der Waals surface area contributed by atoms with Crippen molar-refractivity contribution >= 4 is 5.91 Å². The lowest BCUT2D eigenvalue weighted by Crippen LogP contribution is -2.24. The first-order valence-corrected chi connectivity index (χ1v) is 5.26. The molecule has 2 aromatic rings. The molecular weight excluding hydrogens is 234 g/mol. The van der Waals surface area contributed by atoms with Crippen LogP contribution >= 0.6 is 0 Å². The van der Waals surface area contributed by atoms with E-state index in [-0.39, 0.29) is 17.9 Å². The monoisotopic (exact) mass is 245 g/mol. The van der Waals surface area contributed by atoms with E-state index < -0.39 is 11.5 Å². The molecule has 18 heavy (non-hydrogen) atoms. The van der Waals surface area contributed by atoms with Crippen molar-refractivity contribution in [3.05, 3.63) is 58.3 Å². The Hall–Kier alpha value is -2.63. The van der Waals surface area contributed by atoms with Crippen LogP contribution in [0.4, 0.5) is 0 Å². The predicted molar refractivity (Wildman–Crippen MR) is 64.1 cm³/mol. The third kappa shape index (κ3) is 2.73. The number of H-pyrrole nitrogens is 1. The largest absolute Gasteiger partial charge is 0.507 e. The normalized spacial score (nSPS) is 10.0. The van der Waals surface area contributed by atoms with Crippen molar-refractivity contribution < 1.29 is 9.90 Å². The lowest BCUT2D eigenvalue weighted by atomic mass is 10.2. The minimum absolute atomic E-state index is 0.0190. The molecule has 2 heterocycles. The summed E-state index contributed by atoms with van der Waals surface area (Å²) < 4.78 is 0. The van der Waals surface area contributed by atoms with Crippen LogP contribution in [0.2, 0.25) is 0 Å². The van der Waals surface area contributed by atoms with Crippen LogP contribution in [-0.2, 0) is 6.54 Å². The minimum Gasteiger partial charge on any atom is -0.507 e. The van der Waals surface area contributed by atoms with Gasteiger partial charge in [-0.25, -0.2) is 0 Å². The highest BCUT2D eigenvalue weighted by molar-refractivity contribution is 5.96. The van der Waals surface area contributed by atoms with Crippen LogP contribution in [-0.4, -0.2) is 21.0 Å². The standard InChI is InChI=1S/C12H11N3O3/c16-10-5-11(17)14-7-9(10)12(18)15-6-8-3-1-2-4-13-8/h1-5,7H,6H2,(H,15,18)(H2,14,16,17). The maximum Gasteiger partial charge on any atom is 0.256 e. The summed E-state index contributed by atoms with van der Waals surface area (Å²) in [4.78, 5) is 29.0. The zero-order chi connectivity index (χ0) is 13.0. The second-order valence-electron chi connectivity index (χ2n) is 3.60. The van der Waals surface area contributed by atoms with Crippen molar-refractivity contribution in [2.75, 3.05) is 0 Å². The van der Waals surface area contributed by atoms with Gasteiger partial charge in [0.05, 0.1) is 17.8 Å². The number of aromatic hydroxyl groups is 1. The molecule has 6 nitrogen and oxygen atoms in total. The van der Waals surface area contributed by atoms with E-state index in [1.54, 1.807) is 18.3 Å². The third-order valence-electron chi connectivity index (χ3n) is 2.30. The molecule has 0 aliphatic rings. The lowest BCUT2D eigenvalue weighted by molar-refractivity contribution is 0.0947. The number of hydrogen-bond acceptors (Lipinski definition) is 4. The van der Waals surface area contributed by atoms with Crippen molar-refractivity contribution in [2.24, 2.45) is 0 Å². The quantitative estimate of drug-likeness (QED) is 0.729. The van der Waals surface area contributed by atoms with Gasteiger partial charge in [-0.2, -0.15) is 0 Å². The number of nitrogens with one attached hydrogen (secondary N) is 2. The molecule has 0 unspecified atom stereocenters. The van der Waals surface area contributed by atoms with E-state index in [1.165, 1.54) is 6.20 Å². The minimum atomic E-state index is -0.477. The van der Waals surface area contributed by atoms with Gasteiger partial charge < -0.3 is 15.4 Å². The summed E-state index contributed by atoms with van der Waals surface area (Å²) >= 11 is 0. The number of aromatic nitrogens is 2.